The number of carbonyl (C=O) groups is 2. The SMILES string of the molecule is COC(=O)C(NC(=O)Cc1ccccc1)P(=O)(OC)OC. The van der Waals surface area contributed by atoms with Gasteiger partial charge >= 0.3 is 13.6 Å². The molecule has 1 N–H and O–H groups in total. The number of hydrogen-bond acceptors (Lipinski definition) is 6. The van der Waals surface area contributed by atoms with Crippen molar-refractivity contribution in [3.8, 4) is 0 Å². The van der Waals surface area contributed by atoms with Crippen LogP contribution in [0.1, 0.15) is 5.56 Å². The molecular weight excluding hydrogens is 297 g/mol. The minimum absolute atomic E-state index is 0.0295. The molecule has 0 bridgehead atoms. The van der Waals surface area contributed by atoms with Gasteiger partial charge in [0.1, 0.15) is 0 Å². The van der Waals surface area contributed by atoms with E-state index in [0.717, 1.165) is 26.9 Å². The third-order valence-corrected chi connectivity index (χ3v) is 4.75. The van der Waals surface area contributed by atoms with Crippen LogP contribution in [0.15, 0.2) is 30.3 Å². The van der Waals surface area contributed by atoms with E-state index in [1.165, 1.54) is 0 Å². The van der Waals surface area contributed by atoms with Gasteiger partial charge in [0.2, 0.25) is 11.7 Å². The zero-order valence-corrected chi connectivity index (χ0v) is 13.0. The molecule has 0 radical (unpaired) electrons. The van der Waals surface area contributed by atoms with E-state index in [9.17, 15) is 14.2 Å². The molecule has 1 aromatic rings. The number of ether oxygens (including phenoxy) is 1. The molecule has 0 aliphatic heterocycles. The van der Waals surface area contributed by atoms with Gasteiger partial charge in [-0.05, 0) is 5.56 Å². The van der Waals surface area contributed by atoms with E-state index in [0.29, 0.717) is 0 Å². The molecule has 7 nitrogen and oxygen atoms in total. The number of methoxy groups -OCH3 is 1. The van der Waals surface area contributed by atoms with Gasteiger partial charge in [-0.15, -0.1) is 0 Å². The number of rotatable bonds is 7. The van der Waals surface area contributed by atoms with Gasteiger partial charge in [0.15, 0.2) is 0 Å². The van der Waals surface area contributed by atoms with E-state index in [-0.39, 0.29) is 6.42 Å². The summed E-state index contributed by atoms with van der Waals surface area (Å²) in [5.74, 6) is -2.90. The average molecular weight is 315 g/mol. The van der Waals surface area contributed by atoms with Crippen molar-refractivity contribution in [3.05, 3.63) is 35.9 Å². The highest BCUT2D eigenvalue weighted by molar-refractivity contribution is 7.55. The third kappa shape index (κ3) is 4.67. The Bertz CT molecular complexity index is 525. The van der Waals surface area contributed by atoms with Crippen LogP contribution < -0.4 is 5.32 Å². The maximum Gasteiger partial charge on any atom is 0.363 e. The van der Waals surface area contributed by atoms with Crippen LogP contribution >= 0.6 is 7.60 Å². The maximum atomic E-state index is 12.3. The third-order valence-electron chi connectivity index (χ3n) is 2.75. The number of amides is 1. The standard InChI is InChI=1S/C13H18NO6P/c1-18-13(16)12(21(17,19-2)20-3)14-11(15)9-10-7-5-4-6-8-10/h4-8,12H,9H2,1-3H3,(H,14,15). The highest BCUT2D eigenvalue weighted by Crippen LogP contribution is 2.50. The van der Waals surface area contributed by atoms with E-state index in [4.69, 9.17) is 9.05 Å². The van der Waals surface area contributed by atoms with Crippen LogP contribution in [0, 0.1) is 0 Å². The lowest BCUT2D eigenvalue weighted by atomic mass is 10.1. The molecule has 8 heteroatoms. The second-order valence-electron chi connectivity index (χ2n) is 4.06. The zero-order valence-electron chi connectivity index (χ0n) is 12.1. The van der Waals surface area contributed by atoms with Gasteiger partial charge in [0.25, 0.3) is 0 Å². The Morgan fingerprint density at radius 3 is 2.19 bits per heavy atom. The van der Waals surface area contributed by atoms with Crippen LogP contribution in [0.5, 0.6) is 0 Å². The fraction of sp³-hybridized carbons (Fsp3) is 0.385. The Kier molecular flexibility index (Phi) is 6.55. The smallest absolute Gasteiger partial charge is 0.363 e. The van der Waals surface area contributed by atoms with Gasteiger partial charge in [0.05, 0.1) is 13.5 Å². The molecule has 0 aromatic heterocycles. The quantitative estimate of drug-likeness (QED) is 0.603. The minimum atomic E-state index is -3.83. The molecule has 0 aliphatic carbocycles. The molecular formula is C13H18NO6P. The van der Waals surface area contributed by atoms with E-state index in [1.54, 1.807) is 24.3 Å². The van der Waals surface area contributed by atoms with Crippen LogP contribution in [-0.4, -0.2) is 39.0 Å². The molecule has 1 atom stereocenters. The molecule has 1 rings (SSSR count). The van der Waals surface area contributed by atoms with Crippen LogP contribution in [0.4, 0.5) is 0 Å². The summed E-state index contributed by atoms with van der Waals surface area (Å²) in [6.07, 6.45) is 0.0295. The van der Waals surface area contributed by atoms with Crippen molar-refractivity contribution in [3.63, 3.8) is 0 Å². The number of benzene rings is 1. The lowest BCUT2D eigenvalue weighted by Gasteiger charge is -2.23. The molecule has 116 valence electrons. The Labute approximate surface area is 123 Å². The summed E-state index contributed by atoms with van der Waals surface area (Å²) >= 11 is 0. The van der Waals surface area contributed by atoms with E-state index < -0.39 is 25.3 Å². The second kappa shape index (κ2) is 7.93. The molecule has 0 heterocycles. The highest BCUT2D eigenvalue weighted by Gasteiger charge is 2.42. The van der Waals surface area contributed by atoms with Crippen LogP contribution in [0.25, 0.3) is 0 Å². The normalized spacial score (nSPS) is 12.5. The molecule has 1 aromatic carbocycles. The summed E-state index contributed by atoms with van der Waals surface area (Å²) in [5.41, 5.74) is 0.753. The lowest BCUT2D eigenvalue weighted by Crippen LogP contribution is -2.42. The van der Waals surface area contributed by atoms with Crippen molar-refractivity contribution in [1.29, 1.82) is 0 Å². The molecule has 0 saturated heterocycles. The van der Waals surface area contributed by atoms with Crippen molar-refractivity contribution in [2.75, 3.05) is 21.3 Å². The Morgan fingerprint density at radius 1 is 1.14 bits per heavy atom. The number of nitrogens with one attached hydrogen (secondary N) is 1. The molecule has 0 fully saturated rings. The Hall–Kier alpha value is -1.69. The Balaban J connectivity index is 2.84. The molecule has 0 saturated carbocycles. The van der Waals surface area contributed by atoms with Crippen molar-refractivity contribution >= 4 is 19.5 Å². The van der Waals surface area contributed by atoms with Crippen molar-refractivity contribution in [2.45, 2.75) is 12.2 Å². The molecule has 0 spiro atoms. The first-order valence-corrected chi connectivity index (χ1v) is 7.70. The Morgan fingerprint density at radius 2 is 1.71 bits per heavy atom. The summed E-state index contributed by atoms with van der Waals surface area (Å²) in [4.78, 5) is 23.7. The number of esters is 1. The van der Waals surface area contributed by atoms with Crippen LogP contribution in [0.3, 0.4) is 0 Å². The topological polar surface area (TPSA) is 90.9 Å². The fourth-order valence-electron chi connectivity index (χ4n) is 1.65. The zero-order chi connectivity index (χ0) is 15.9. The van der Waals surface area contributed by atoms with E-state index in [2.05, 4.69) is 10.1 Å². The molecule has 1 unspecified atom stereocenters. The first-order chi connectivity index (χ1) is 9.96. The van der Waals surface area contributed by atoms with E-state index >= 15 is 0 Å². The number of hydrogen-bond donors (Lipinski definition) is 1. The van der Waals surface area contributed by atoms with Crippen molar-refractivity contribution in [2.24, 2.45) is 0 Å². The maximum absolute atomic E-state index is 12.3. The minimum Gasteiger partial charge on any atom is -0.467 e. The molecule has 1 amide bonds. The molecule has 0 aliphatic rings. The van der Waals surface area contributed by atoms with Crippen molar-refractivity contribution in [1.82, 2.24) is 5.32 Å². The lowest BCUT2D eigenvalue weighted by molar-refractivity contribution is -0.143. The summed E-state index contributed by atoms with van der Waals surface area (Å²) < 4.78 is 26.3. The van der Waals surface area contributed by atoms with Gasteiger partial charge < -0.3 is 19.1 Å². The predicted molar refractivity (Wildman–Crippen MR) is 75.7 cm³/mol. The fourth-order valence-corrected chi connectivity index (χ4v) is 2.89. The number of carbonyl (C=O) groups excluding carboxylic acids is 2. The largest absolute Gasteiger partial charge is 0.467 e. The van der Waals surface area contributed by atoms with Crippen LogP contribution in [0.2, 0.25) is 0 Å². The monoisotopic (exact) mass is 315 g/mol. The van der Waals surface area contributed by atoms with E-state index in [1.807, 2.05) is 6.07 Å². The first kappa shape index (κ1) is 17.4. The van der Waals surface area contributed by atoms with Crippen molar-refractivity contribution < 1.29 is 27.9 Å². The first-order valence-electron chi connectivity index (χ1n) is 6.09. The van der Waals surface area contributed by atoms with Gasteiger partial charge in [-0.25, -0.2) is 4.79 Å². The second-order valence-corrected chi connectivity index (χ2v) is 6.39. The summed E-state index contributed by atoms with van der Waals surface area (Å²) in [5, 5.41) is 2.33. The molecule has 21 heavy (non-hydrogen) atoms. The van der Waals surface area contributed by atoms with Crippen LogP contribution in [-0.2, 0) is 34.4 Å². The summed E-state index contributed by atoms with van der Waals surface area (Å²) in [6.45, 7) is 0. The van der Waals surface area contributed by atoms with Gasteiger partial charge in [-0.1, -0.05) is 30.3 Å². The summed E-state index contributed by atoms with van der Waals surface area (Å²) in [6, 6.07) is 8.92. The van der Waals surface area contributed by atoms with Gasteiger partial charge in [-0.3, -0.25) is 9.36 Å². The summed E-state index contributed by atoms with van der Waals surface area (Å²) in [7, 11) is -0.453. The van der Waals surface area contributed by atoms with Gasteiger partial charge in [0, 0.05) is 14.2 Å². The average Bonchev–Trinajstić information content (AvgIpc) is 2.52. The van der Waals surface area contributed by atoms with Gasteiger partial charge in [-0.2, -0.15) is 0 Å². The highest BCUT2D eigenvalue weighted by atomic mass is 31.2. The predicted octanol–water partition coefficient (Wildman–Crippen LogP) is 1.33.